The van der Waals surface area contributed by atoms with E-state index in [4.69, 9.17) is 14.2 Å². The van der Waals surface area contributed by atoms with Gasteiger partial charge in [-0.25, -0.2) is 14.4 Å². The monoisotopic (exact) mass is 710 g/mol. The van der Waals surface area contributed by atoms with Gasteiger partial charge in [0.1, 0.15) is 41.7 Å². The Morgan fingerprint density at radius 3 is 2.67 bits per heavy atom. The number of nitrogens with one attached hydrogen (secondary N) is 2. The topological polar surface area (TPSA) is 112 Å². The van der Waals surface area contributed by atoms with Crippen molar-refractivity contribution in [2.24, 2.45) is 5.92 Å². The van der Waals surface area contributed by atoms with E-state index in [0.717, 1.165) is 33.1 Å². The quantitative estimate of drug-likeness (QED) is 0.105. The van der Waals surface area contributed by atoms with Gasteiger partial charge in [-0.15, -0.1) is 0 Å². The molecular formula is C34H36BrFN4O5S. The van der Waals surface area contributed by atoms with E-state index in [-0.39, 0.29) is 18.3 Å². The third-order valence-corrected chi connectivity index (χ3v) is 9.52. The summed E-state index contributed by atoms with van der Waals surface area (Å²) in [6.07, 6.45) is 7.30. The minimum atomic E-state index is -2.21. The van der Waals surface area contributed by atoms with Gasteiger partial charge in [-0.3, -0.25) is 0 Å². The molecule has 12 heteroatoms. The lowest BCUT2D eigenvalue weighted by Gasteiger charge is -2.31. The third kappa shape index (κ3) is 7.86. The van der Waals surface area contributed by atoms with Gasteiger partial charge in [-0.1, -0.05) is 26.0 Å². The smallest absolute Gasteiger partial charge is 0.214 e. The van der Waals surface area contributed by atoms with E-state index < -0.39 is 15.9 Å². The lowest BCUT2D eigenvalue weighted by Crippen LogP contribution is -2.30. The van der Waals surface area contributed by atoms with Gasteiger partial charge in [0.15, 0.2) is 0 Å². The predicted molar refractivity (Wildman–Crippen MR) is 182 cm³/mol. The molecular weight excluding hydrogens is 675 g/mol. The van der Waals surface area contributed by atoms with Gasteiger partial charge in [-0.05, 0) is 89.3 Å². The summed E-state index contributed by atoms with van der Waals surface area (Å²) in [5.41, 5.74) is 2.43. The fraction of sp³-hybridized carbons (Fsp3) is 0.324. The van der Waals surface area contributed by atoms with E-state index >= 15 is 0 Å². The van der Waals surface area contributed by atoms with Crippen molar-refractivity contribution in [1.82, 2.24) is 15.3 Å². The molecule has 0 spiro atoms. The molecule has 242 valence electrons. The summed E-state index contributed by atoms with van der Waals surface area (Å²) in [6, 6.07) is 15.8. The van der Waals surface area contributed by atoms with Crippen molar-refractivity contribution in [2.45, 2.75) is 45.3 Å². The molecule has 1 unspecified atom stereocenters. The Morgan fingerprint density at radius 1 is 1.13 bits per heavy atom. The lowest BCUT2D eigenvalue weighted by molar-refractivity contribution is 0.0284. The highest BCUT2D eigenvalue weighted by Gasteiger charge is 2.38. The van der Waals surface area contributed by atoms with Crippen LogP contribution in [0.4, 0.5) is 15.9 Å². The van der Waals surface area contributed by atoms with Crippen molar-refractivity contribution < 1.29 is 27.0 Å². The highest BCUT2D eigenvalue weighted by atomic mass is 79.9. The van der Waals surface area contributed by atoms with Crippen LogP contribution in [0.15, 0.2) is 77.7 Å². The normalized spacial score (nSPS) is 15.6. The van der Waals surface area contributed by atoms with E-state index in [1.165, 1.54) is 18.5 Å². The zero-order chi connectivity index (χ0) is 32.7. The molecule has 3 aromatic carbocycles. The van der Waals surface area contributed by atoms with Crippen LogP contribution in [0, 0.1) is 11.7 Å². The first-order valence-corrected chi connectivity index (χ1v) is 16.8. The average Bonchev–Trinajstić information content (AvgIpc) is 3.51. The van der Waals surface area contributed by atoms with Gasteiger partial charge in [-0.2, -0.15) is 8.42 Å². The molecule has 1 aromatic heterocycles. The Hall–Kier alpha value is -4.00. The number of benzene rings is 3. The zero-order valence-electron chi connectivity index (χ0n) is 25.8. The minimum Gasteiger partial charge on any atom is -0.496 e. The van der Waals surface area contributed by atoms with Crippen LogP contribution in [-0.2, 0) is 27.2 Å². The van der Waals surface area contributed by atoms with Crippen LogP contribution in [0.5, 0.6) is 11.5 Å². The van der Waals surface area contributed by atoms with Crippen LogP contribution in [0.25, 0.3) is 10.9 Å². The molecule has 0 saturated carbocycles. The molecule has 1 aliphatic heterocycles. The number of halogens is 2. The molecule has 0 fully saturated rings. The first-order chi connectivity index (χ1) is 22.2. The number of ether oxygens (including phenoxy) is 3. The van der Waals surface area contributed by atoms with Gasteiger partial charge in [0.2, 0.25) is 10.3 Å². The molecule has 0 bridgehead atoms. The Bertz CT molecular complexity index is 1870. The summed E-state index contributed by atoms with van der Waals surface area (Å²) in [5.74, 6) is 1.54. The number of hydrogen-bond donors (Lipinski definition) is 2. The molecule has 2 heterocycles. The van der Waals surface area contributed by atoms with Crippen LogP contribution in [0.3, 0.4) is 0 Å². The fourth-order valence-corrected chi connectivity index (χ4v) is 6.53. The standard InChI is InChI=1S/C34H36BrFN4O5S/c1-22(2)32(46(41)42)19-37-13-5-11-34(12-6-14-45-34)27-17-26-29(18-31(27)43-3)38-21-39-33(26)40-25-9-10-30(28(35)16-25)44-20-23-7-4-8-24(36)15-23/h4,6-10,14-18,21-22,37H,5,11-13,19-20H2,1-3H3,(H,38,39,40). The van der Waals surface area contributed by atoms with E-state index in [0.29, 0.717) is 53.6 Å². The van der Waals surface area contributed by atoms with Crippen LogP contribution in [0.1, 0.15) is 44.2 Å². The first-order valence-electron chi connectivity index (χ1n) is 14.9. The van der Waals surface area contributed by atoms with Gasteiger partial charge in [0.25, 0.3) is 0 Å². The molecule has 9 nitrogen and oxygen atoms in total. The Labute approximate surface area is 277 Å². The number of nitrogens with zero attached hydrogens (tertiary/aromatic N) is 2. The maximum Gasteiger partial charge on any atom is 0.214 e. The fourth-order valence-electron chi connectivity index (χ4n) is 5.43. The first kappa shape index (κ1) is 33.4. The highest BCUT2D eigenvalue weighted by molar-refractivity contribution is 9.10. The second kappa shape index (κ2) is 15.1. The second-order valence-electron chi connectivity index (χ2n) is 11.3. The molecule has 5 rings (SSSR count). The highest BCUT2D eigenvalue weighted by Crippen LogP contribution is 2.45. The third-order valence-electron chi connectivity index (χ3n) is 7.85. The molecule has 46 heavy (non-hydrogen) atoms. The van der Waals surface area contributed by atoms with Gasteiger partial charge >= 0.3 is 0 Å². The van der Waals surface area contributed by atoms with Crippen LogP contribution in [0.2, 0.25) is 0 Å². The second-order valence-corrected chi connectivity index (χ2v) is 13.2. The molecule has 0 aliphatic carbocycles. The average molecular weight is 712 g/mol. The van der Waals surface area contributed by atoms with Crippen LogP contribution in [-0.4, -0.2) is 43.4 Å². The van der Waals surface area contributed by atoms with Crippen molar-refractivity contribution in [3.05, 3.63) is 94.7 Å². The van der Waals surface area contributed by atoms with Gasteiger partial charge in [0.05, 0.1) is 28.2 Å². The Morgan fingerprint density at radius 2 is 1.98 bits per heavy atom. The van der Waals surface area contributed by atoms with E-state index in [1.807, 2.05) is 56.3 Å². The summed E-state index contributed by atoms with van der Waals surface area (Å²) in [5, 5.41) is 7.47. The number of methoxy groups -OCH3 is 1. The van der Waals surface area contributed by atoms with Crippen LogP contribution >= 0.6 is 15.9 Å². The number of anilines is 2. The van der Waals surface area contributed by atoms with Crippen molar-refractivity contribution in [3.63, 3.8) is 0 Å². The lowest BCUT2D eigenvalue weighted by atomic mass is 9.85. The van der Waals surface area contributed by atoms with Gasteiger partial charge < -0.3 is 24.8 Å². The summed E-state index contributed by atoms with van der Waals surface area (Å²) in [6.45, 7) is 4.93. The maximum atomic E-state index is 13.5. The van der Waals surface area contributed by atoms with E-state index in [9.17, 15) is 12.8 Å². The van der Waals surface area contributed by atoms with E-state index in [1.54, 1.807) is 19.4 Å². The number of aromatic nitrogens is 2. The minimum absolute atomic E-state index is 0.0504. The molecule has 0 saturated heterocycles. The summed E-state index contributed by atoms with van der Waals surface area (Å²) in [7, 11) is -0.582. The molecule has 1 atom stereocenters. The molecule has 4 aromatic rings. The van der Waals surface area contributed by atoms with Crippen molar-refractivity contribution in [1.29, 1.82) is 0 Å². The zero-order valence-corrected chi connectivity index (χ0v) is 28.3. The Balaban J connectivity index is 1.35. The number of fused-ring (bicyclic) bond motifs is 1. The summed E-state index contributed by atoms with van der Waals surface area (Å²) in [4.78, 5) is 9.51. The van der Waals surface area contributed by atoms with Gasteiger partial charge in [0, 0.05) is 35.7 Å². The van der Waals surface area contributed by atoms with Crippen molar-refractivity contribution >= 4 is 53.5 Å². The molecule has 0 radical (unpaired) electrons. The summed E-state index contributed by atoms with van der Waals surface area (Å²) >= 11 is 3.59. The Kier molecular flexibility index (Phi) is 10.9. The van der Waals surface area contributed by atoms with Crippen molar-refractivity contribution in [2.75, 3.05) is 25.5 Å². The SMILES string of the molecule is COc1cc2ncnc(Nc3ccc(OCc4cccc(F)c4)c(Br)c3)c2cc1C1(CCCNCC(C(C)C)=S(=O)=O)CC=CO1. The largest absolute Gasteiger partial charge is 0.496 e. The number of hydrogen-bond acceptors (Lipinski definition) is 9. The van der Waals surface area contributed by atoms with E-state index in [2.05, 4.69) is 36.5 Å². The molecule has 0 amide bonds. The van der Waals surface area contributed by atoms with Crippen LogP contribution < -0.4 is 20.1 Å². The summed E-state index contributed by atoms with van der Waals surface area (Å²) < 4.78 is 55.4. The molecule has 1 aliphatic rings. The maximum absolute atomic E-state index is 13.5. The molecule has 2 N–H and O–H groups in total. The predicted octanol–water partition coefficient (Wildman–Crippen LogP) is 7.07. The number of rotatable bonds is 14. The van der Waals surface area contributed by atoms with Crippen molar-refractivity contribution in [3.8, 4) is 11.5 Å².